The van der Waals surface area contributed by atoms with Crippen LogP contribution in [0.1, 0.15) is 33.6 Å². The Kier molecular flexibility index (Phi) is 3.23. The molecule has 0 aliphatic heterocycles. The van der Waals surface area contributed by atoms with Gasteiger partial charge in [0.2, 0.25) is 0 Å². The maximum absolute atomic E-state index is 13.5. The molecule has 88 valence electrons. The molecular formula is C10H18FNO3. The zero-order valence-electron chi connectivity index (χ0n) is 9.27. The van der Waals surface area contributed by atoms with Gasteiger partial charge in [-0.25, -0.2) is 9.18 Å². The second kappa shape index (κ2) is 3.96. The molecule has 3 unspecified atom stereocenters. The molecule has 4 nitrogen and oxygen atoms in total. The second-order valence-electron chi connectivity index (χ2n) is 5.03. The number of hydrogen-bond acceptors (Lipinski definition) is 2. The molecule has 3 atom stereocenters. The van der Waals surface area contributed by atoms with E-state index in [1.807, 2.05) is 0 Å². The quantitative estimate of drug-likeness (QED) is 0.704. The maximum Gasteiger partial charge on any atom is 0.408 e. The fraction of sp³-hybridized carbons (Fsp3) is 0.900. The van der Waals surface area contributed by atoms with Crippen LogP contribution in [-0.2, 0) is 0 Å². The summed E-state index contributed by atoms with van der Waals surface area (Å²) in [6.07, 6.45) is -2.91. The molecule has 1 rings (SSSR count). The lowest BCUT2D eigenvalue weighted by Crippen LogP contribution is -2.53. The minimum Gasteiger partial charge on any atom is -0.465 e. The van der Waals surface area contributed by atoms with Gasteiger partial charge in [0.1, 0.15) is 6.17 Å². The van der Waals surface area contributed by atoms with Gasteiger partial charge >= 0.3 is 6.09 Å². The van der Waals surface area contributed by atoms with Gasteiger partial charge in [0, 0.05) is 12.0 Å². The van der Waals surface area contributed by atoms with Gasteiger partial charge in [0.05, 0.1) is 12.1 Å². The zero-order valence-corrected chi connectivity index (χ0v) is 9.27. The molecule has 2 N–H and O–H groups in total. The normalized spacial score (nSPS) is 31.7. The molecule has 0 heterocycles. The van der Waals surface area contributed by atoms with Gasteiger partial charge in [-0.3, -0.25) is 4.90 Å². The van der Waals surface area contributed by atoms with Crippen LogP contribution < -0.4 is 0 Å². The van der Waals surface area contributed by atoms with Crippen LogP contribution in [0.25, 0.3) is 0 Å². The van der Waals surface area contributed by atoms with Crippen molar-refractivity contribution < 1.29 is 19.4 Å². The summed E-state index contributed by atoms with van der Waals surface area (Å²) in [5, 5.41) is 18.4. The molecule has 0 radical (unpaired) electrons. The van der Waals surface area contributed by atoms with E-state index < -0.39 is 29.9 Å². The number of aliphatic hydroxyl groups excluding tert-OH is 1. The molecule has 5 heteroatoms. The number of halogens is 1. The van der Waals surface area contributed by atoms with Gasteiger partial charge in [0.25, 0.3) is 0 Å². The van der Waals surface area contributed by atoms with Crippen molar-refractivity contribution in [3.63, 3.8) is 0 Å². The van der Waals surface area contributed by atoms with Gasteiger partial charge < -0.3 is 10.2 Å². The summed E-state index contributed by atoms with van der Waals surface area (Å²) in [5.74, 6) is 0. The fourth-order valence-corrected chi connectivity index (χ4v) is 2.13. The lowest BCUT2D eigenvalue weighted by molar-refractivity contribution is 0.0466. The third-order valence-corrected chi connectivity index (χ3v) is 2.69. The number of aliphatic hydroxyl groups is 1. The van der Waals surface area contributed by atoms with Crippen molar-refractivity contribution in [2.75, 3.05) is 0 Å². The number of hydrogen-bond donors (Lipinski definition) is 2. The van der Waals surface area contributed by atoms with E-state index in [0.717, 1.165) is 4.90 Å². The lowest BCUT2D eigenvalue weighted by Gasteiger charge is -2.38. The first-order chi connectivity index (χ1) is 6.73. The van der Waals surface area contributed by atoms with Crippen LogP contribution in [0.2, 0.25) is 0 Å². The van der Waals surface area contributed by atoms with Crippen LogP contribution in [-0.4, -0.2) is 45.1 Å². The molecule has 1 aliphatic rings. The van der Waals surface area contributed by atoms with Gasteiger partial charge in [-0.05, 0) is 27.2 Å². The Labute approximate surface area is 88.7 Å². The largest absolute Gasteiger partial charge is 0.465 e. The minimum absolute atomic E-state index is 0.0323. The van der Waals surface area contributed by atoms with Crippen LogP contribution in [0, 0.1) is 0 Å². The van der Waals surface area contributed by atoms with Gasteiger partial charge in [-0.15, -0.1) is 0 Å². The lowest BCUT2D eigenvalue weighted by atomic mass is 10.0. The van der Waals surface area contributed by atoms with E-state index in [1.54, 1.807) is 20.8 Å². The van der Waals surface area contributed by atoms with Crippen LogP contribution in [0.15, 0.2) is 0 Å². The van der Waals surface area contributed by atoms with E-state index >= 15 is 0 Å². The van der Waals surface area contributed by atoms with Crippen LogP contribution in [0.3, 0.4) is 0 Å². The average molecular weight is 219 g/mol. The smallest absolute Gasteiger partial charge is 0.408 e. The molecule has 0 spiro atoms. The predicted octanol–water partition coefficient (Wildman–Crippen LogP) is 1.63. The highest BCUT2D eigenvalue weighted by atomic mass is 19.1. The molecule has 1 amide bonds. The van der Waals surface area contributed by atoms with Crippen molar-refractivity contribution in [1.29, 1.82) is 0 Å². The third kappa shape index (κ3) is 2.59. The molecule has 1 aliphatic carbocycles. The summed E-state index contributed by atoms with van der Waals surface area (Å²) >= 11 is 0. The van der Waals surface area contributed by atoms with Crippen molar-refractivity contribution in [2.24, 2.45) is 0 Å². The van der Waals surface area contributed by atoms with E-state index in [9.17, 15) is 14.3 Å². The summed E-state index contributed by atoms with van der Waals surface area (Å²) in [5.41, 5.74) is -0.648. The van der Waals surface area contributed by atoms with Gasteiger partial charge in [-0.2, -0.15) is 0 Å². The van der Waals surface area contributed by atoms with E-state index in [2.05, 4.69) is 0 Å². The molecule has 0 saturated heterocycles. The number of carbonyl (C=O) groups is 1. The SMILES string of the molecule is CC(C)(C)N(C(=O)O)C1CC(O)CC1F. The van der Waals surface area contributed by atoms with Gasteiger partial charge in [0.15, 0.2) is 0 Å². The highest BCUT2D eigenvalue weighted by Gasteiger charge is 2.43. The number of carboxylic acid groups (broad SMARTS) is 1. The molecule has 0 aromatic carbocycles. The monoisotopic (exact) mass is 219 g/mol. The van der Waals surface area contributed by atoms with Gasteiger partial charge in [-0.1, -0.05) is 0 Å². The van der Waals surface area contributed by atoms with Crippen molar-refractivity contribution in [2.45, 2.75) is 57.5 Å². The van der Waals surface area contributed by atoms with E-state index in [-0.39, 0.29) is 12.8 Å². The third-order valence-electron chi connectivity index (χ3n) is 2.69. The number of alkyl halides is 1. The Morgan fingerprint density at radius 1 is 1.40 bits per heavy atom. The summed E-state index contributed by atoms with van der Waals surface area (Å²) in [4.78, 5) is 12.2. The van der Waals surface area contributed by atoms with E-state index in [1.165, 1.54) is 0 Å². The molecule has 0 bridgehead atoms. The van der Waals surface area contributed by atoms with E-state index in [0.29, 0.717) is 0 Å². The molecule has 0 aromatic heterocycles. The van der Waals surface area contributed by atoms with Crippen molar-refractivity contribution in [3.05, 3.63) is 0 Å². The van der Waals surface area contributed by atoms with Crippen LogP contribution in [0.4, 0.5) is 9.18 Å². The summed E-state index contributed by atoms with van der Waals surface area (Å²) in [6, 6.07) is -0.725. The first-order valence-electron chi connectivity index (χ1n) is 5.08. The zero-order chi connectivity index (χ0) is 11.8. The summed E-state index contributed by atoms with van der Waals surface area (Å²) < 4.78 is 13.5. The number of rotatable bonds is 1. The standard InChI is InChI=1S/C10H18FNO3/c1-10(2,3)12(9(14)15)8-5-6(13)4-7(8)11/h6-8,13H,4-5H2,1-3H3,(H,14,15). The molecular weight excluding hydrogens is 201 g/mol. The minimum atomic E-state index is -1.27. The predicted molar refractivity (Wildman–Crippen MR) is 53.5 cm³/mol. The molecule has 1 fully saturated rings. The Balaban J connectivity index is 2.86. The average Bonchev–Trinajstić information content (AvgIpc) is 2.26. The highest BCUT2D eigenvalue weighted by Crippen LogP contribution is 2.31. The molecule has 0 aromatic rings. The highest BCUT2D eigenvalue weighted by molar-refractivity contribution is 5.66. The first-order valence-corrected chi connectivity index (χ1v) is 5.08. The topological polar surface area (TPSA) is 60.8 Å². The van der Waals surface area contributed by atoms with Crippen LogP contribution in [0.5, 0.6) is 0 Å². The Morgan fingerprint density at radius 2 is 1.93 bits per heavy atom. The van der Waals surface area contributed by atoms with Crippen LogP contribution >= 0.6 is 0 Å². The Bertz CT molecular complexity index is 252. The summed E-state index contributed by atoms with van der Waals surface area (Å²) in [7, 11) is 0. The van der Waals surface area contributed by atoms with E-state index in [4.69, 9.17) is 5.11 Å². The number of nitrogens with zero attached hydrogens (tertiary/aromatic N) is 1. The fourth-order valence-electron chi connectivity index (χ4n) is 2.13. The Hall–Kier alpha value is -0.840. The van der Waals surface area contributed by atoms with Crippen molar-refractivity contribution >= 4 is 6.09 Å². The Morgan fingerprint density at radius 3 is 2.20 bits per heavy atom. The molecule has 1 saturated carbocycles. The summed E-state index contributed by atoms with van der Waals surface area (Å²) in [6.45, 7) is 5.16. The first kappa shape index (κ1) is 12.2. The number of amides is 1. The maximum atomic E-state index is 13.5. The van der Waals surface area contributed by atoms with Crippen molar-refractivity contribution in [1.82, 2.24) is 4.90 Å². The molecule has 15 heavy (non-hydrogen) atoms. The van der Waals surface area contributed by atoms with Crippen molar-refractivity contribution in [3.8, 4) is 0 Å². The second-order valence-corrected chi connectivity index (χ2v) is 5.03.